The Morgan fingerprint density at radius 2 is 1.96 bits per heavy atom. The molecule has 0 saturated carbocycles. The number of thioether (sulfide) groups is 1. The van der Waals surface area contributed by atoms with Crippen LogP contribution in [0.25, 0.3) is 6.08 Å². The van der Waals surface area contributed by atoms with Crippen molar-refractivity contribution in [1.82, 2.24) is 5.32 Å². The molecule has 1 heterocycles. The number of nitrogens with one attached hydrogen (secondary N) is 2. The van der Waals surface area contributed by atoms with E-state index in [2.05, 4.69) is 10.6 Å². The number of carbonyl (C=O) groups excluding carboxylic acids is 2. The maximum Gasteiger partial charge on any atom is 0.262 e. The third-order valence-corrected chi connectivity index (χ3v) is 4.91. The summed E-state index contributed by atoms with van der Waals surface area (Å²) in [6, 6.07) is 12.9. The zero-order valence-electron chi connectivity index (χ0n) is 15.8. The van der Waals surface area contributed by atoms with Crippen molar-refractivity contribution in [2.45, 2.75) is 31.2 Å². The summed E-state index contributed by atoms with van der Waals surface area (Å²) < 4.78 is 5.22. The SMILES string of the molecule is COc1cccc(/C=C2/Sc3ccc(C(=O)NC(C)(C)C)cc3NC2=O)c1. The average Bonchev–Trinajstić information content (AvgIpc) is 2.60. The van der Waals surface area contributed by atoms with Gasteiger partial charge in [-0.25, -0.2) is 0 Å². The predicted octanol–water partition coefficient (Wildman–Crippen LogP) is 4.31. The van der Waals surface area contributed by atoms with Gasteiger partial charge in [-0.3, -0.25) is 9.59 Å². The molecule has 2 N–H and O–H groups in total. The number of benzene rings is 2. The summed E-state index contributed by atoms with van der Waals surface area (Å²) in [5.41, 5.74) is 1.73. The predicted molar refractivity (Wildman–Crippen MR) is 109 cm³/mol. The molecule has 27 heavy (non-hydrogen) atoms. The minimum absolute atomic E-state index is 0.165. The van der Waals surface area contributed by atoms with Crippen molar-refractivity contribution in [3.05, 3.63) is 58.5 Å². The van der Waals surface area contributed by atoms with E-state index >= 15 is 0 Å². The maximum atomic E-state index is 12.5. The van der Waals surface area contributed by atoms with Gasteiger partial charge in [0.1, 0.15) is 5.75 Å². The first-order valence-electron chi connectivity index (χ1n) is 8.57. The molecule has 1 aliphatic heterocycles. The lowest BCUT2D eigenvalue weighted by molar-refractivity contribution is -0.112. The van der Waals surface area contributed by atoms with Gasteiger partial charge in [-0.05, 0) is 62.7 Å². The zero-order chi connectivity index (χ0) is 19.6. The Labute approximate surface area is 163 Å². The third kappa shape index (κ3) is 4.71. The van der Waals surface area contributed by atoms with Crippen LogP contribution in [0.2, 0.25) is 0 Å². The first-order chi connectivity index (χ1) is 12.7. The summed E-state index contributed by atoms with van der Waals surface area (Å²) in [7, 11) is 1.61. The lowest BCUT2D eigenvalue weighted by Gasteiger charge is -2.22. The van der Waals surface area contributed by atoms with Gasteiger partial charge < -0.3 is 15.4 Å². The van der Waals surface area contributed by atoms with Crippen molar-refractivity contribution in [3.8, 4) is 5.75 Å². The second-order valence-corrected chi connectivity index (χ2v) is 8.34. The van der Waals surface area contributed by atoms with E-state index in [0.717, 1.165) is 16.2 Å². The Kier molecular flexibility index (Phi) is 5.28. The summed E-state index contributed by atoms with van der Waals surface area (Å²) in [5.74, 6) is 0.381. The van der Waals surface area contributed by atoms with Crippen LogP contribution in [0.4, 0.5) is 5.69 Å². The Morgan fingerprint density at radius 1 is 1.19 bits per heavy atom. The quantitative estimate of drug-likeness (QED) is 0.777. The largest absolute Gasteiger partial charge is 0.497 e. The molecule has 2 aromatic carbocycles. The van der Waals surface area contributed by atoms with Crippen molar-refractivity contribution in [2.24, 2.45) is 0 Å². The number of hydrogen-bond acceptors (Lipinski definition) is 4. The fraction of sp³-hybridized carbons (Fsp3) is 0.238. The van der Waals surface area contributed by atoms with E-state index in [9.17, 15) is 9.59 Å². The number of methoxy groups -OCH3 is 1. The van der Waals surface area contributed by atoms with Crippen LogP contribution in [-0.4, -0.2) is 24.5 Å². The van der Waals surface area contributed by atoms with Crippen LogP contribution in [0, 0.1) is 0 Å². The molecular formula is C21H22N2O3S. The summed E-state index contributed by atoms with van der Waals surface area (Å²) in [5, 5.41) is 5.80. The summed E-state index contributed by atoms with van der Waals surface area (Å²) in [4.78, 5) is 26.3. The Bertz CT molecular complexity index is 929. The standard InChI is InChI=1S/C21H22N2O3S/c1-21(2,3)23-19(24)14-8-9-17-16(12-14)22-20(25)18(27-17)11-13-6-5-7-15(10-13)26-4/h5-12H,1-4H3,(H,22,25)(H,23,24)/b18-11+. The van der Waals surface area contributed by atoms with Crippen molar-refractivity contribution in [3.63, 3.8) is 0 Å². The molecule has 2 aromatic rings. The van der Waals surface area contributed by atoms with Gasteiger partial charge in [0.25, 0.3) is 11.8 Å². The minimum Gasteiger partial charge on any atom is -0.497 e. The van der Waals surface area contributed by atoms with E-state index < -0.39 is 0 Å². The number of ether oxygens (including phenoxy) is 1. The van der Waals surface area contributed by atoms with Gasteiger partial charge in [-0.2, -0.15) is 0 Å². The van der Waals surface area contributed by atoms with Crippen LogP contribution in [0.15, 0.2) is 52.3 Å². The van der Waals surface area contributed by atoms with Crippen LogP contribution in [0.1, 0.15) is 36.7 Å². The molecule has 0 aromatic heterocycles. The van der Waals surface area contributed by atoms with E-state index in [4.69, 9.17) is 4.74 Å². The number of fused-ring (bicyclic) bond motifs is 1. The fourth-order valence-corrected chi connectivity index (χ4v) is 3.53. The van der Waals surface area contributed by atoms with Crippen LogP contribution in [0.3, 0.4) is 0 Å². The third-order valence-electron chi connectivity index (χ3n) is 3.81. The van der Waals surface area contributed by atoms with Crippen molar-refractivity contribution in [1.29, 1.82) is 0 Å². The Morgan fingerprint density at radius 3 is 2.67 bits per heavy atom. The molecule has 0 spiro atoms. The molecule has 0 aliphatic carbocycles. The molecule has 5 nitrogen and oxygen atoms in total. The molecule has 3 rings (SSSR count). The van der Waals surface area contributed by atoms with Crippen LogP contribution < -0.4 is 15.4 Å². The van der Waals surface area contributed by atoms with Crippen LogP contribution in [0.5, 0.6) is 5.75 Å². The molecule has 140 valence electrons. The highest BCUT2D eigenvalue weighted by Gasteiger charge is 2.23. The van der Waals surface area contributed by atoms with Crippen molar-refractivity contribution < 1.29 is 14.3 Å². The Hall–Kier alpha value is -2.73. The second kappa shape index (κ2) is 7.48. The van der Waals surface area contributed by atoms with E-state index in [1.54, 1.807) is 19.2 Å². The summed E-state index contributed by atoms with van der Waals surface area (Å²) in [6.45, 7) is 5.78. The van der Waals surface area contributed by atoms with Gasteiger partial charge in [0.2, 0.25) is 0 Å². The molecule has 6 heteroatoms. The maximum absolute atomic E-state index is 12.5. The van der Waals surface area contributed by atoms with Crippen LogP contribution >= 0.6 is 11.8 Å². The number of rotatable bonds is 3. The van der Waals surface area contributed by atoms with Gasteiger partial charge in [-0.15, -0.1) is 0 Å². The lowest BCUT2D eigenvalue weighted by Crippen LogP contribution is -2.40. The minimum atomic E-state index is -0.322. The van der Waals surface area contributed by atoms with Gasteiger partial charge in [-0.1, -0.05) is 23.9 Å². The molecule has 0 atom stereocenters. The molecule has 2 amide bonds. The highest BCUT2D eigenvalue weighted by Crippen LogP contribution is 2.39. The average molecular weight is 382 g/mol. The van der Waals surface area contributed by atoms with E-state index in [1.165, 1.54) is 11.8 Å². The number of carbonyl (C=O) groups is 2. The van der Waals surface area contributed by atoms with Gasteiger partial charge in [0.15, 0.2) is 0 Å². The van der Waals surface area contributed by atoms with Gasteiger partial charge >= 0.3 is 0 Å². The van der Waals surface area contributed by atoms with Crippen molar-refractivity contribution >= 4 is 35.3 Å². The highest BCUT2D eigenvalue weighted by atomic mass is 32.2. The molecule has 0 saturated heterocycles. The Balaban J connectivity index is 1.84. The molecule has 0 fully saturated rings. The molecule has 0 bridgehead atoms. The molecule has 0 unspecified atom stereocenters. The summed E-state index contributed by atoms with van der Waals surface area (Å²) in [6.07, 6.45) is 1.83. The summed E-state index contributed by atoms with van der Waals surface area (Å²) >= 11 is 1.38. The normalized spacial score (nSPS) is 15.1. The number of anilines is 1. The van der Waals surface area contributed by atoms with E-state index in [1.807, 2.05) is 57.2 Å². The first-order valence-corrected chi connectivity index (χ1v) is 9.38. The van der Waals surface area contributed by atoms with E-state index in [0.29, 0.717) is 16.2 Å². The van der Waals surface area contributed by atoms with Crippen molar-refractivity contribution in [2.75, 3.05) is 12.4 Å². The smallest absolute Gasteiger partial charge is 0.262 e. The lowest BCUT2D eigenvalue weighted by atomic mass is 10.1. The molecule has 1 aliphatic rings. The zero-order valence-corrected chi connectivity index (χ0v) is 16.6. The number of hydrogen-bond donors (Lipinski definition) is 2. The fourth-order valence-electron chi connectivity index (χ4n) is 2.60. The molecular weight excluding hydrogens is 360 g/mol. The molecule has 0 radical (unpaired) electrons. The number of amides is 2. The van der Waals surface area contributed by atoms with Gasteiger partial charge in [0, 0.05) is 16.0 Å². The highest BCUT2D eigenvalue weighted by molar-refractivity contribution is 8.04. The van der Waals surface area contributed by atoms with Gasteiger partial charge in [0.05, 0.1) is 17.7 Å². The van der Waals surface area contributed by atoms with E-state index in [-0.39, 0.29) is 17.4 Å². The second-order valence-electron chi connectivity index (χ2n) is 7.26. The first kappa shape index (κ1) is 19.0. The topological polar surface area (TPSA) is 67.4 Å². The van der Waals surface area contributed by atoms with Crippen LogP contribution in [-0.2, 0) is 4.79 Å². The monoisotopic (exact) mass is 382 g/mol.